The van der Waals surface area contributed by atoms with Crippen LogP contribution in [0.5, 0.6) is 0 Å². The third-order valence-corrected chi connectivity index (χ3v) is 1.61. The maximum atomic E-state index is 3.86. The quantitative estimate of drug-likeness (QED) is 0.536. The van der Waals surface area contributed by atoms with E-state index < -0.39 is 0 Å². The SMILES string of the molecule is C=C(C)C(=C)/C=C(/C)C(=C)C. The van der Waals surface area contributed by atoms with Crippen LogP contribution < -0.4 is 0 Å². The van der Waals surface area contributed by atoms with Crippen LogP contribution in [0.15, 0.2) is 48.1 Å². The van der Waals surface area contributed by atoms with Crippen molar-refractivity contribution in [1.29, 1.82) is 0 Å². The molecule has 0 heterocycles. The zero-order valence-electron chi connectivity index (χ0n) is 7.70. The molecule has 0 aliphatic carbocycles. The summed E-state index contributed by atoms with van der Waals surface area (Å²) in [5.41, 5.74) is 4.22. The molecule has 0 aliphatic heterocycles. The van der Waals surface area contributed by atoms with Crippen molar-refractivity contribution in [2.24, 2.45) is 0 Å². The maximum absolute atomic E-state index is 3.86. The smallest absolute Gasteiger partial charge is 0.0303 e. The summed E-state index contributed by atoms with van der Waals surface area (Å²) in [4.78, 5) is 0. The van der Waals surface area contributed by atoms with Gasteiger partial charge < -0.3 is 0 Å². The summed E-state index contributed by atoms with van der Waals surface area (Å²) in [6, 6.07) is 0. The average molecular weight is 148 g/mol. The summed E-state index contributed by atoms with van der Waals surface area (Å²) in [6.45, 7) is 17.4. The number of rotatable bonds is 3. The zero-order chi connectivity index (χ0) is 9.02. The summed E-state index contributed by atoms with van der Waals surface area (Å²) in [7, 11) is 0. The highest BCUT2D eigenvalue weighted by Gasteiger charge is 1.92. The molecule has 0 fully saturated rings. The number of allylic oxidation sites excluding steroid dienone is 5. The van der Waals surface area contributed by atoms with Gasteiger partial charge in [-0.15, -0.1) is 0 Å². The zero-order valence-corrected chi connectivity index (χ0v) is 7.70. The molecule has 0 aromatic heterocycles. The van der Waals surface area contributed by atoms with E-state index in [1.54, 1.807) is 0 Å². The Morgan fingerprint density at radius 3 is 1.64 bits per heavy atom. The van der Waals surface area contributed by atoms with Crippen molar-refractivity contribution < 1.29 is 0 Å². The molecule has 0 atom stereocenters. The number of hydrogen-bond acceptors (Lipinski definition) is 0. The van der Waals surface area contributed by atoms with Gasteiger partial charge >= 0.3 is 0 Å². The molecule has 0 rings (SSSR count). The molecule has 0 aromatic rings. The van der Waals surface area contributed by atoms with Crippen LogP contribution in [0.25, 0.3) is 0 Å². The molecular formula is C11H16. The highest BCUT2D eigenvalue weighted by molar-refractivity contribution is 5.40. The Kier molecular flexibility index (Phi) is 3.59. The Hall–Kier alpha value is -1.04. The lowest BCUT2D eigenvalue weighted by atomic mass is 10.1. The fourth-order valence-corrected chi connectivity index (χ4v) is 0.508. The molecule has 0 nitrogen and oxygen atoms in total. The molecule has 0 bridgehead atoms. The predicted molar refractivity (Wildman–Crippen MR) is 52.5 cm³/mol. The van der Waals surface area contributed by atoms with Crippen LogP contribution in [0.3, 0.4) is 0 Å². The van der Waals surface area contributed by atoms with E-state index in [4.69, 9.17) is 0 Å². The van der Waals surface area contributed by atoms with Gasteiger partial charge in [-0.25, -0.2) is 0 Å². The van der Waals surface area contributed by atoms with Gasteiger partial charge in [-0.05, 0) is 31.9 Å². The molecule has 0 spiro atoms. The largest absolute Gasteiger partial charge is 0.0958 e. The first kappa shape index (κ1) is 9.96. The van der Waals surface area contributed by atoms with Crippen molar-refractivity contribution in [2.45, 2.75) is 20.8 Å². The van der Waals surface area contributed by atoms with E-state index in [9.17, 15) is 0 Å². The molecule has 0 aliphatic rings. The second-order valence-corrected chi connectivity index (χ2v) is 2.91. The van der Waals surface area contributed by atoms with E-state index in [0.29, 0.717) is 0 Å². The highest BCUT2D eigenvalue weighted by Crippen LogP contribution is 2.12. The first-order valence-corrected chi connectivity index (χ1v) is 3.64. The lowest BCUT2D eigenvalue weighted by molar-refractivity contribution is 1.33. The third kappa shape index (κ3) is 3.61. The van der Waals surface area contributed by atoms with E-state index in [0.717, 1.165) is 22.3 Å². The van der Waals surface area contributed by atoms with Gasteiger partial charge in [0.05, 0.1) is 0 Å². The molecular weight excluding hydrogens is 132 g/mol. The van der Waals surface area contributed by atoms with Crippen LogP contribution >= 0.6 is 0 Å². The van der Waals surface area contributed by atoms with Crippen molar-refractivity contribution in [1.82, 2.24) is 0 Å². The first-order valence-electron chi connectivity index (χ1n) is 3.64. The summed E-state index contributed by atoms with van der Waals surface area (Å²) >= 11 is 0. The van der Waals surface area contributed by atoms with Gasteiger partial charge in [-0.3, -0.25) is 0 Å². The molecule has 0 saturated carbocycles. The Labute approximate surface area is 69.6 Å². The van der Waals surface area contributed by atoms with Crippen LogP contribution in [0.2, 0.25) is 0 Å². The molecule has 0 saturated heterocycles. The van der Waals surface area contributed by atoms with E-state index in [-0.39, 0.29) is 0 Å². The van der Waals surface area contributed by atoms with Crippen molar-refractivity contribution in [3.8, 4) is 0 Å². The van der Waals surface area contributed by atoms with Crippen LogP contribution in [0.4, 0.5) is 0 Å². The van der Waals surface area contributed by atoms with Crippen molar-refractivity contribution >= 4 is 0 Å². The molecule has 0 heteroatoms. The molecule has 0 N–H and O–H groups in total. The minimum atomic E-state index is 0.977. The van der Waals surface area contributed by atoms with E-state index >= 15 is 0 Å². The Bertz CT molecular complexity index is 226. The van der Waals surface area contributed by atoms with Gasteiger partial charge in [0, 0.05) is 0 Å². The normalized spacial score (nSPS) is 11.0. The molecule has 0 radical (unpaired) electrons. The van der Waals surface area contributed by atoms with E-state index in [1.165, 1.54) is 0 Å². The van der Waals surface area contributed by atoms with Crippen molar-refractivity contribution in [2.75, 3.05) is 0 Å². The Morgan fingerprint density at radius 2 is 1.36 bits per heavy atom. The molecule has 0 amide bonds. The van der Waals surface area contributed by atoms with Crippen molar-refractivity contribution in [3.05, 3.63) is 48.1 Å². The van der Waals surface area contributed by atoms with Gasteiger partial charge in [0.2, 0.25) is 0 Å². The Morgan fingerprint density at radius 1 is 0.909 bits per heavy atom. The second-order valence-electron chi connectivity index (χ2n) is 2.91. The van der Waals surface area contributed by atoms with Gasteiger partial charge in [0.15, 0.2) is 0 Å². The molecule has 60 valence electrons. The van der Waals surface area contributed by atoms with Crippen LogP contribution in [-0.2, 0) is 0 Å². The summed E-state index contributed by atoms with van der Waals surface area (Å²) in [5, 5.41) is 0. The summed E-state index contributed by atoms with van der Waals surface area (Å²) in [5.74, 6) is 0. The third-order valence-electron chi connectivity index (χ3n) is 1.61. The van der Waals surface area contributed by atoms with Gasteiger partial charge in [0.1, 0.15) is 0 Å². The van der Waals surface area contributed by atoms with Gasteiger partial charge in [0.25, 0.3) is 0 Å². The van der Waals surface area contributed by atoms with E-state index in [1.807, 2.05) is 26.8 Å². The molecule has 11 heavy (non-hydrogen) atoms. The molecule has 0 unspecified atom stereocenters. The second kappa shape index (κ2) is 3.97. The standard InChI is InChI=1S/C11H16/c1-8(2)10(5)7-11(6)9(3)4/h7H,1,3,5H2,2,4,6H3/b11-7-. The van der Waals surface area contributed by atoms with Crippen molar-refractivity contribution in [3.63, 3.8) is 0 Å². The van der Waals surface area contributed by atoms with Gasteiger partial charge in [-0.1, -0.05) is 37.0 Å². The van der Waals surface area contributed by atoms with E-state index in [2.05, 4.69) is 19.7 Å². The van der Waals surface area contributed by atoms with Crippen LogP contribution in [-0.4, -0.2) is 0 Å². The average Bonchev–Trinajstić information content (AvgIpc) is 1.87. The lowest BCUT2D eigenvalue weighted by Gasteiger charge is -2.01. The van der Waals surface area contributed by atoms with Crippen LogP contribution in [0.1, 0.15) is 20.8 Å². The molecule has 0 aromatic carbocycles. The monoisotopic (exact) mass is 148 g/mol. The summed E-state index contributed by atoms with van der Waals surface area (Å²) < 4.78 is 0. The summed E-state index contributed by atoms with van der Waals surface area (Å²) in [6.07, 6.45) is 2.00. The first-order chi connectivity index (χ1) is 4.95. The topological polar surface area (TPSA) is 0 Å². The Balaban J connectivity index is 4.44. The number of hydrogen-bond donors (Lipinski definition) is 0. The minimum absolute atomic E-state index is 0.977. The highest BCUT2D eigenvalue weighted by atomic mass is 14.0. The predicted octanol–water partition coefficient (Wildman–Crippen LogP) is 3.64. The fraction of sp³-hybridized carbons (Fsp3) is 0.273. The van der Waals surface area contributed by atoms with Gasteiger partial charge in [-0.2, -0.15) is 0 Å². The van der Waals surface area contributed by atoms with Crippen LogP contribution in [0, 0.1) is 0 Å². The lowest BCUT2D eigenvalue weighted by Crippen LogP contribution is -1.81. The maximum Gasteiger partial charge on any atom is -0.0303 e. The fourth-order valence-electron chi connectivity index (χ4n) is 0.508. The minimum Gasteiger partial charge on any atom is -0.0958 e.